The number of benzene rings is 1. The Kier molecular flexibility index (Phi) is 5.53. The fraction of sp³-hybridized carbons (Fsp3) is 0.300. The highest BCUT2D eigenvalue weighted by atomic mass is 16.4. The minimum atomic E-state index is -0.401. The van der Waals surface area contributed by atoms with Crippen LogP contribution < -0.4 is 10.2 Å². The Balaban J connectivity index is 1.64. The number of nitriles is 1. The summed E-state index contributed by atoms with van der Waals surface area (Å²) in [6, 6.07) is 15.2. The van der Waals surface area contributed by atoms with Gasteiger partial charge in [-0.3, -0.25) is 4.79 Å². The molecule has 0 radical (unpaired) electrons. The molecule has 0 atom stereocenters. The van der Waals surface area contributed by atoms with E-state index in [9.17, 15) is 10.1 Å². The number of carbonyl (C=O) groups is 1. The fourth-order valence-electron chi connectivity index (χ4n) is 2.87. The van der Waals surface area contributed by atoms with E-state index < -0.39 is 5.91 Å². The molecule has 5 nitrogen and oxygen atoms in total. The molecule has 1 saturated heterocycles. The van der Waals surface area contributed by atoms with Gasteiger partial charge < -0.3 is 14.6 Å². The Hall–Kier alpha value is -3.00. The monoisotopic (exact) mass is 335 g/mol. The van der Waals surface area contributed by atoms with Gasteiger partial charge in [0.2, 0.25) is 0 Å². The van der Waals surface area contributed by atoms with Gasteiger partial charge in [0.05, 0.1) is 0 Å². The van der Waals surface area contributed by atoms with E-state index in [0.29, 0.717) is 12.3 Å². The maximum absolute atomic E-state index is 12.2. The van der Waals surface area contributed by atoms with Gasteiger partial charge in [-0.25, -0.2) is 0 Å². The summed E-state index contributed by atoms with van der Waals surface area (Å²) in [5.74, 6) is 0.919. The van der Waals surface area contributed by atoms with Gasteiger partial charge in [-0.15, -0.1) is 0 Å². The highest BCUT2D eigenvalue weighted by Crippen LogP contribution is 2.23. The predicted molar refractivity (Wildman–Crippen MR) is 96.7 cm³/mol. The number of hydrogen-bond acceptors (Lipinski definition) is 4. The van der Waals surface area contributed by atoms with Crippen LogP contribution in [0.25, 0.3) is 6.08 Å². The van der Waals surface area contributed by atoms with Gasteiger partial charge in [0.25, 0.3) is 5.91 Å². The van der Waals surface area contributed by atoms with Crippen molar-refractivity contribution < 1.29 is 9.21 Å². The smallest absolute Gasteiger partial charge is 0.262 e. The summed E-state index contributed by atoms with van der Waals surface area (Å²) in [6.07, 6.45) is 5.08. The minimum absolute atomic E-state index is 0.0375. The Morgan fingerprint density at radius 3 is 2.64 bits per heavy atom. The molecule has 2 aromatic rings. The molecule has 1 aliphatic heterocycles. The molecule has 3 rings (SSSR count). The number of hydrogen-bond donors (Lipinski definition) is 1. The number of rotatable bonds is 5. The van der Waals surface area contributed by atoms with E-state index in [4.69, 9.17) is 4.42 Å². The van der Waals surface area contributed by atoms with Crippen LogP contribution in [0.1, 0.15) is 30.6 Å². The standard InChI is InChI=1S/C20H21N3O2/c21-14-17(20(24)22-15-16-7-3-1-4-8-16)13-18-9-10-19(25-18)23-11-5-2-6-12-23/h1,3-4,7-10,13H,2,5-6,11-12,15H2,(H,22,24). The molecule has 0 aliphatic carbocycles. The van der Waals surface area contributed by atoms with Crippen molar-refractivity contribution in [2.75, 3.05) is 18.0 Å². The first-order valence-corrected chi connectivity index (χ1v) is 8.55. The van der Waals surface area contributed by atoms with Crippen molar-refractivity contribution in [3.05, 3.63) is 59.4 Å². The number of nitrogens with one attached hydrogen (secondary N) is 1. The van der Waals surface area contributed by atoms with Gasteiger partial charge in [0.15, 0.2) is 5.88 Å². The number of furan rings is 1. The fourth-order valence-corrected chi connectivity index (χ4v) is 2.87. The van der Waals surface area contributed by atoms with Crippen LogP contribution in [-0.2, 0) is 11.3 Å². The van der Waals surface area contributed by atoms with Crippen molar-refractivity contribution in [1.82, 2.24) is 5.32 Å². The molecule has 2 heterocycles. The third-order valence-corrected chi connectivity index (χ3v) is 4.23. The molecule has 128 valence electrons. The molecule has 1 aliphatic rings. The average molecular weight is 335 g/mol. The highest BCUT2D eigenvalue weighted by molar-refractivity contribution is 6.01. The third-order valence-electron chi connectivity index (χ3n) is 4.23. The van der Waals surface area contributed by atoms with Crippen LogP contribution in [0, 0.1) is 11.3 Å². The maximum Gasteiger partial charge on any atom is 0.262 e. The lowest BCUT2D eigenvalue weighted by atomic mass is 10.1. The summed E-state index contributed by atoms with van der Waals surface area (Å²) >= 11 is 0. The summed E-state index contributed by atoms with van der Waals surface area (Å²) in [5.41, 5.74) is 1.02. The van der Waals surface area contributed by atoms with Gasteiger partial charge in [-0.05, 0) is 30.9 Å². The Morgan fingerprint density at radius 1 is 1.16 bits per heavy atom. The van der Waals surface area contributed by atoms with Gasteiger partial charge in [0, 0.05) is 31.8 Å². The summed E-state index contributed by atoms with van der Waals surface area (Å²) < 4.78 is 5.79. The molecule has 1 aromatic carbocycles. The van der Waals surface area contributed by atoms with E-state index in [2.05, 4.69) is 10.2 Å². The topological polar surface area (TPSA) is 69.3 Å². The summed E-state index contributed by atoms with van der Waals surface area (Å²) in [6.45, 7) is 2.36. The van der Waals surface area contributed by atoms with Crippen LogP contribution in [0.15, 0.2) is 52.5 Å². The zero-order valence-electron chi connectivity index (χ0n) is 14.1. The van der Waals surface area contributed by atoms with E-state index in [1.54, 1.807) is 6.07 Å². The predicted octanol–water partition coefficient (Wildman–Crippen LogP) is 3.49. The van der Waals surface area contributed by atoms with Crippen molar-refractivity contribution in [2.45, 2.75) is 25.8 Å². The zero-order valence-corrected chi connectivity index (χ0v) is 14.1. The summed E-state index contributed by atoms with van der Waals surface area (Å²) in [4.78, 5) is 14.4. The molecular weight excluding hydrogens is 314 g/mol. The Bertz CT molecular complexity index is 781. The second kappa shape index (κ2) is 8.20. The average Bonchev–Trinajstić information content (AvgIpc) is 3.14. The second-order valence-corrected chi connectivity index (χ2v) is 6.06. The first-order chi connectivity index (χ1) is 12.3. The first-order valence-electron chi connectivity index (χ1n) is 8.55. The molecule has 0 unspecified atom stereocenters. The van der Waals surface area contributed by atoms with Crippen LogP contribution in [0.3, 0.4) is 0 Å². The Morgan fingerprint density at radius 2 is 1.92 bits per heavy atom. The van der Waals surface area contributed by atoms with Crippen LogP contribution in [0.2, 0.25) is 0 Å². The van der Waals surface area contributed by atoms with Crippen molar-refractivity contribution in [3.63, 3.8) is 0 Å². The van der Waals surface area contributed by atoms with Crippen LogP contribution >= 0.6 is 0 Å². The summed E-state index contributed by atoms with van der Waals surface area (Å²) in [5, 5.41) is 12.0. The van der Waals surface area contributed by atoms with E-state index in [1.807, 2.05) is 42.5 Å². The van der Waals surface area contributed by atoms with Crippen molar-refractivity contribution in [2.24, 2.45) is 0 Å². The quantitative estimate of drug-likeness (QED) is 0.671. The van der Waals surface area contributed by atoms with E-state index in [0.717, 1.165) is 37.4 Å². The molecule has 1 aromatic heterocycles. The van der Waals surface area contributed by atoms with Crippen LogP contribution in [-0.4, -0.2) is 19.0 Å². The molecule has 0 bridgehead atoms. The van der Waals surface area contributed by atoms with Crippen molar-refractivity contribution in [3.8, 4) is 6.07 Å². The van der Waals surface area contributed by atoms with E-state index in [-0.39, 0.29) is 5.57 Å². The van der Waals surface area contributed by atoms with Gasteiger partial charge in [-0.2, -0.15) is 5.26 Å². The van der Waals surface area contributed by atoms with E-state index in [1.165, 1.54) is 12.5 Å². The van der Waals surface area contributed by atoms with Gasteiger partial charge in [0.1, 0.15) is 17.4 Å². The number of anilines is 1. The maximum atomic E-state index is 12.2. The molecule has 25 heavy (non-hydrogen) atoms. The third kappa shape index (κ3) is 4.51. The zero-order chi connectivity index (χ0) is 17.5. The van der Waals surface area contributed by atoms with Crippen molar-refractivity contribution in [1.29, 1.82) is 5.26 Å². The van der Waals surface area contributed by atoms with Crippen LogP contribution in [0.5, 0.6) is 0 Å². The van der Waals surface area contributed by atoms with E-state index >= 15 is 0 Å². The SMILES string of the molecule is N#CC(=Cc1ccc(N2CCCCC2)o1)C(=O)NCc1ccccc1. The number of amides is 1. The number of carbonyl (C=O) groups excluding carboxylic acids is 1. The molecular formula is C20H21N3O2. The van der Waals surface area contributed by atoms with Crippen LogP contribution in [0.4, 0.5) is 5.88 Å². The number of piperidine rings is 1. The lowest BCUT2D eigenvalue weighted by Crippen LogP contribution is -2.28. The minimum Gasteiger partial charge on any atom is -0.441 e. The summed E-state index contributed by atoms with van der Waals surface area (Å²) in [7, 11) is 0. The normalized spacial score (nSPS) is 14.8. The lowest BCUT2D eigenvalue weighted by Gasteiger charge is -2.25. The molecule has 1 amide bonds. The number of nitrogens with zero attached hydrogens (tertiary/aromatic N) is 2. The Labute approximate surface area is 147 Å². The molecule has 0 saturated carbocycles. The molecule has 5 heteroatoms. The molecule has 1 fully saturated rings. The largest absolute Gasteiger partial charge is 0.441 e. The molecule has 0 spiro atoms. The van der Waals surface area contributed by atoms with Crippen molar-refractivity contribution >= 4 is 17.9 Å². The highest BCUT2D eigenvalue weighted by Gasteiger charge is 2.15. The van der Waals surface area contributed by atoms with Gasteiger partial charge in [-0.1, -0.05) is 30.3 Å². The lowest BCUT2D eigenvalue weighted by molar-refractivity contribution is -0.117. The molecule has 1 N–H and O–H groups in total. The van der Waals surface area contributed by atoms with Gasteiger partial charge >= 0.3 is 0 Å². The second-order valence-electron chi connectivity index (χ2n) is 6.06. The first kappa shape index (κ1) is 16.8.